The highest BCUT2D eigenvalue weighted by Gasteiger charge is 2.10. The third kappa shape index (κ3) is 3.49. The van der Waals surface area contributed by atoms with Crippen LogP contribution in [0, 0.1) is 0 Å². The molecule has 1 rings (SSSR count). The van der Waals surface area contributed by atoms with Crippen LogP contribution in [0.4, 0.5) is 0 Å². The second-order valence-corrected chi connectivity index (χ2v) is 4.73. The number of rotatable bonds is 6. The van der Waals surface area contributed by atoms with Crippen LogP contribution < -0.4 is 10.1 Å². The van der Waals surface area contributed by atoms with E-state index in [-0.39, 0.29) is 0 Å². The SMILES string of the molecule is CCCCC(NC)c1ccc(OC)c(Br)c1. The van der Waals surface area contributed by atoms with Gasteiger partial charge in [0.2, 0.25) is 0 Å². The van der Waals surface area contributed by atoms with Crippen molar-refractivity contribution in [3.05, 3.63) is 28.2 Å². The minimum absolute atomic E-state index is 0.433. The molecule has 3 heteroatoms. The van der Waals surface area contributed by atoms with Crippen LogP contribution in [-0.2, 0) is 0 Å². The number of unbranched alkanes of at least 4 members (excludes halogenated alkanes) is 1. The lowest BCUT2D eigenvalue weighted by molar-refractivity contribution is 0.411. The van der Waals surface area contributed by atoms with E-state index in [1.807, 2.05) is 13.1 Å². The van der Waals surface area contributed by atoms with Gasteiger partial charge in [-0.25, -0.2) is 0 Å². The first-order valence-corrected chi connectivity index (χ1v) is 6.53. The molecular weight excluding hydrogens is 266 g/mol. The smallest absolute Gasteiger partial charge is 0.133 e. The summed E-state index contributed by atoms with van der Waals surface area (Å²) in [6, 6.07) is 6.70. The predicted molar refractivity (Wildman–Crippen MR) is 72.0 cm³/mol. The van der Waals surface area contributed by atoms with Crippen LogP contribution in [0.1, 0.15) is 37.8 Å². The second kappa shape index (κ2) is 6.92. The van der Waals surface area contributed by atoms with Gasteiger partial charge in [-0.2, -0.15) is 0 Å². The van der Waals surface area contributed by atoms with Crippen molar-refractivity contribution >= 4 is 15.9 Å². The van der Waals surface area contributed by atoms with Gasteiger partial charge in [0.1, 0.15) is 5.75 Å². The van der Waals surface area contributed by atoms with Gasteiger partial charge < -0.3 is 10.1 Å². The van der Waals surface area contributed by atoms with E-state index in [1.54, 1.807) is 7.11 Å². The summed E-state index contributed by atoms with van der Waals surface area (Å²) in [5.41, 5.74) is 1.31. The molecule has 0 saturated heterocycles. The summed E-state index contributed by atoms with van der Waals surface area (Å²) in [5.74, 6) is 0.883. The van der Waals surface area contributed by atoms with Crippen LogP contribution >= 0.6 is 15.9 Å². The molecule has 1 aromatic carbocycles. The van der Waals surface area contributed by atoms with E-state index < -0.39 is 0 Å². The second-order valence-electron chi connectivity index (χ2n) is 3.88. The summed E-state index contributed by atoms with van der Waals surface area (Å²) in [7, 11) is 3.70. The summed E-state index contributed by atoms with van der Waals surface area (Å²) in [6.45, 7) is 2.22. The molecule has 0 aromatic heterocycles. The Morgan fingerprint density at radius 2 is 2.19 bits per heavy atom. The summed E-state index contributed by atoms with van der Waals surface area (Å²) in [6.07, 6.45) is 3.65. The van der Waals surface area contributed by atoms with Crippen LogP contribution in [0.3, 0.4) is 0 Å². The molecule has 0 saturated carbocycles. The maximum atomic E-state index is 5.23. The molecule has 16 heavy (non-hydrogen) atoms. The Hall–Kier alpha value is -0.540. The normalized spacial score (nSPS) is 12.5. The molecule has 0 radical (unpaired) electrons. The van der Waals surface area contributed by atoms with Crippen molar-refractivity contribution in [1.29, 1.82) is 0 Å². The Balaban J connectivity index is 2.80. The molecule has 0 aliphatic rings. The van der Waals surface area contributed by atoms with Crippen LogP contribution in [0.5, 0.6) is 5.75 Å². The molecule has 0 spiro atoms. The van der Waals surface area contributed by atoms with Crippen LogP contribution in [0.2, 0.25) is 0 Å². The summed E-state index contributed by atoms with van der Waals surface area (Å²) in [4.78, 5) is 0. The zero-order chi connectivity index (χ0) is 12.0. The van der Waals surface area contributed by atoms with Crippen molar-refractivity contribution < 1.29 is 4.74 Å². The fraction of sp³-hybridized carbons (Fsp3) is 0.538. The molecule has 90 valence electrons. The van der Waals surface area contributed by atoms with Crippen molar-refractivity contribution in [2.75, 3.05) is 14.2 Å². The van der Waals surface area contributed by atoms with Crippen molar-refractivity contribution in [2.24, 2.45) is 0 Å². The first-order valence-electron chi connectivity index (χ1n) is 5.73. The molecule has 2 nitrogen and oxygen atoms in total. The van der Waals surface area contributed by atoms with Gasteiger partial charge in [0.05, 0.1) is 11.6 Å². The third-order valence-electron chi connectivity index (χ3n) is 2.77. The lowest BCUT2D eigenvalue weighted by Crippen LogP contribution is -2.16. The number of methoxy groups -OCH3 is 1. The van der Waals surface area contributed by atoms with E-state index in [0.717, 1.165) is 10.2 Å². The molecule has 0 fully saturated rings. The highest BCUT2D eigenvalue weighted by atomic mass is 79.9. The monoisotopic (exact) mass is 285 g/mol. The lowest BCUT2D eigenvalue weighted by Gasteiger charge is -2.17. The zero-order valence-corrected chi connectivity index (χ0v) is 11.8. The highest BCUT2D eigenvalue weighted by Crippen LogP contribution is 2.29. The molecule has 0 bridgehead atoms. The van der Waals surface area contributed by atoms with Gasteiger partial charge in [-0.05, 0) is 47.1 Å². The minimum Gasteiger partial charge on any atom is -0.496 e. The number of halogens is 1. The molecule has 0 aliphatic heterocycles. The van der Waals surface area contributed by atoms with E-state index in [4.69, 9.17) is 4.74 Å². The van der Waals surface area contributed by atoms with Gasteiger partial charge in [0.25, 0.3) is 0 Å². The van der Waals surface area contributed by atoms with Gasteiger partial charge in [-0.15, -0.1) is 0 Å². The van der Waals surface area contributed by atoms with Crippen LogP contribution in [0.15, 0.2) is 22.7 Å². The third-order valence-corrected chi connectivity index (χ3v) is 3.39. The molecule has 0 aliphatic carbocycles. The molecular formula is C13H20BrNO. The molecule has 0 heterocycles. The summed E-state index contributed by atoms with van der Waals surface area (Å²) < 4.78 is 6.25. The number of nitrogens with one attached hydrogen (secondary N) is 1. The molecule has 1 unspecified atom stereocenters. The van der Waals surface area contributed by atoms with E-state index in [1.165, 1.54) is 24.8 Å². The maximum absolute atomic E-state index is 5.23. The Morgan fingerprint density at radius 3 is 2.69 bits per heavy atom. The van der Waals surface area contributed by atoms with Gasteiger partial charge in [-0.3, -0.25) is 0 Å². The number of benzene rings is 1. The maximum Gasteiger partial charge on any atom is 0.133 e. The van der Waals surface area contributed by atoms with E-state index in [2.05, 4.69) is 40.3 Å². The largest absolute Gasteiger partial charge is 0.496 e. The first-order chi connectivity index (χ1) is 7.72. The molecule has 1 aromatic rings. The summed E-state index contributed by atoms with van der Waals surface area (Å²) >= 11 is 3.52. The van der Waals surface area contributed by atoms with Crippen molar-refractivity contribution in [1.82, 2.24) is 5.32 Å². The van der Waals surface area contributed by atoms with E-state index in [9.17, 15) is 0 Å². The highest BCUT2D eigenvalue weighted by molar-refractivity contribution is 9.10. The first kappa shape index (κ1) is 13.5. The molecule has 1 N–H and O–H groups in total. The quantitative estimate of drug-likeness (QED) is 0.856. The number of hydrogen-bond acceptors (Lipinski definition) is 2. The zero-order valence-electron chi connectivity index (χ0n) is 10.2. The summed E-state index contributed by atoms with van der Waals surface area (Å²) in [5, 5.41) is 3.36. The van der Waals surface area contributed by atoms with E-state index in [0.29, 0.717) is 6.04 Å². The topological polar surface area (TPSA) is 21.3 Å². The molecule has 0 amide bonds. The Morgan fingerprint density at radius 1 is 1.44 bits per heavy atom. The predicted octanol–water partition coefficient (Wildman–Crippen LogP) is 3.91. The van der Waals surface area contributed by atoms with Gasteiger partial charge in [0, 0.05) is 6.04 Å². The van der Waals surface area contributed by atoms with Gasteiger partial charge in [-0.1, -0.05) is 25.8 Å². The Bertz CT molecular complexity index is 328. The van der Waals surface area contributed by atoms with Crippen molar-refractivity contribution in [3.63, 3.8) is 0 Å². The number of ether oxygens (including phenoxy) is 1. The van der Waals surface area contributed by atoms with Crippen molar-refractivity contribution in [2.45, 2.75) is 32.2 Å². The molecule has 1 atom stereocenters. The number of hydrogen-bond donors (Lipinski definition) is 1. The average molecular weight is 286 g/mol. The lowest BCUT2D eigenvalue weighted by atomic mass is 10.0. The average Bonchev–Trinajstić information content (AvgIpc) is 2.30. The van der Waals surface area contributed by atoms with Crippen LogP contribution in [-0.4, -0.2) is 14.2 Å². The van der Waals surface area contributed by atoms with E-state index >= 15 is 0 Å². The standard InChI is InChI=1S/C13H20BrNO/c1-4-5-6-12(15-2)10-7-8-13(16-3)11(14)9-10/h7-9,12,15H,4-6H2,1-3H3. The Kier molecular flexibility index (Phi) is 5.85. The van der Waals surface area contributed by atoms with Crippen molar-refractivity contribution in [3.8, 4) is 5.75 Å². The van der Waals surface area contributed by atoms with Crippen LogP contribution in [0.25, 0.3) is 0 Å². The minimum atomic E-state index is 0.433. The van der Waals surface area contributed by atoms with Gasteiger partial charge in [0.15, 0.2) is 0 Å². The van der Waals surface area contributed by atoms with Gasteiger partial charge >= 0.3 is 0 Å². The fourth-order valence-electron chi connectivity index (χ4n) is 1.79. The fourth-order valence-corrected chi connectivity index (χ4v) is 2.34. The Labute approximate surface area is 107 Å².